The van der Waals surface area contributed by atoms with Gasteiger partial charge in [0.05, 0.1) is 12.7 Å². The van der Waals surface area contributed by atoms with Gasteiger partial charge in [0.1, 0.15) is 5.54 Å². The Morgan fingerprint density at radius 2 is 2.00 bits per heavy atom. The van der Waals surface area contributed by atoms with E-state index >= 15 is 0 Å². The summed E-state index contributed by atoms with van der Waals surface area (Å²) in [4.78, 5) is 10.7. The molecule has 0 radical (unpaired) electrons. The summed E-state index contributed by atoms with van der Waals surface area (Å²) < 4.78 is 5.37. The van der Waals surface area contributed by atoms with Crippen molar-refractivity contribution < 1.29 is 14.6 Å². The van der Waals surface area contributed by atoms with Crippen molar-refractivity contribution in [1.82, 2.24) is 0 Å². The van der Waals surface area contributed by atoms with Crippen LogP contribution in [0, 0.1) is 5.92 Å². The van der Waals surface area contributed by atoms with Crippen LogP contribution in [-0.4, -0.2) is 29.3 Å². The van der Waals surface area contributed by atoms with Crippen LogP contribution in [0.5, 0.6) is 0 Å². The Morgan fingerprint density at radius 3 is 2.36 bits per heavy atom. The summed E-state index contributed by atoms with van der Waals surface area (Å²) >= 11 is 0. The number of nitrogens with two attached hydrogens (primary N) is 1. The molecule has 0 aromatic carbocycles. The van der Waals surface area contributed by atoms with Crippen LogP contribution in [0.3, 0.4) is 0 Å². The van der Waals surface area contributed by atoms with Gasteiger partial charge in [-0.25, -0.2) is 0 Å². The zero-order chi connectivity index (χ0) is 11.4. The van der Waals surface area contributed by atoms with E-state index in [0.717, 1.165) is 6.42 Å². The van der Waals surface area contributed by atoms with Crippen molar-refractivity contribution in [2.75, 3.05) is 6.61 Å². The third-order valence-corrected chi connectivity index (χ3v) is 1.96. The molecule has 0 spiro atoms. The van der Waals surface area contributed by atoms with E-state index < -0.39 is 11.5 Å². The Morgan fingerprint density at radius 1 is 1.50 bits per heavy atom. The molecular weight excluding hydrogens is 182 g/mol. The predicted molar refractivity (Wildman–Crippen MR) is 55.1 cm³/mol. The van der Waals surface area contributed by atoms with E-state index in [-0.39, 0.29) is 12.7 Å². The molecule has 0 aromatic heterocycles. The lowest BCUT2D eigenvalue weighted by Gasteiger charge is -2.22. The molecule has 0 fully saturated rings. The number of carboxylic acids is 1. The zero-order valence-corrected chi connectivity index (χ0v) is 9.41. The normalized spacial score (nSPS) is 17.9. The average Bonchev–Trinajstić information content (AvgIpc) is 1.99. The molecule has 0 amide bonds. The van der Waals surface area contributed by atoms with Crippen LogP contribution in [-0.2, 0) is 9.53 Å². The van der Waals surface area contributed by atoms with Crippen LogP contribution in [0.2, 0.25) is 0 Å². The van der Waals surface area contributed by atoms with Gasteiger partial charge in [0, 0.05) is 0 Å². The summed E-state index contributed by atoms with van der Waals surface area (Å²) in [5.74, 6) is -0.492. The van der Waals surface area contributed by atoms with Crippen LogP contribution in [0.4, 0.5) is 0 Å². The predicted octanol–water partition coefficient (Wildman–Crippen LogP) is 1.24. The summed E-state index contributed by atoms with van der Waals surface area (Å²) in [5, 5.41) is 8.73. The Labute approximate surface area is 85.4 Å². The Balaban J connectivity index is 3.87. The minimum absolute atomic E-state index is 0.0518. The van der Waals surface area contributed by atoms with Gasteiger partial charge < -0.3 is 15.6 Å². The van der Waals surface area contributed by atoms with Gasteiger partial charge in [0.25, 0.3) is 0 Å². The zero-order valence-electron chi connectivity index (χ0n) is 9.41. The molecule has 0 heterocycles. The van der Waals surface area contributed by atoms with E-state index in [4.69, 9.17) is 15.6 Å². The fourth-order valence-electron chi connectivity index (χ4n) is 1.11. The average molecular weight is 203 g/mol. The third kappa shape index (κ3) is 5.19. The lowest BCUT2D eigenvalue weighted by Crippen LogP contribution is -2.49. The van der Waals surface area contributed by atoms with Gasteiger partial charge in [-0.05, 0) is 26.2 Å². The molecule has 0 saturated carbocycles. The van der Waals surface area contributed by atoms with E-state index in [0.29, 0.717) is 5.92 Å². The van der Waals surface area contributed by atoms with E-state index in [1.54, 1.807) is 0 Å². The molecule has 14 heavy (non-hydrogen) atoms. The smallest absolute Gasteiger partial charge is 0.325 e. The van der Waals surface area contributed by atoms with Crippen LogP contribution in [0.25, 0.3) is 0 Å². The first kappa shape index (κ1) is 13.4. The largest absolute Gasteiger partial charge is 0.480 e. The first-order valence-electron chi connectivity index (χ1n) is 4.89. The highest BCUT2D eigenvalue weighted by Crippen LogP contribution is 2.10. The fraction of sp³-hybridized carbons (Fsp3) is 0.900. The summed E-state index contributed by atoms with van der Waals surface area (Å²) in [5.41, 5.74) is 4.23. The van der Waals surface area contributed by atoms with Gasteiger partial charge in [0.15, 0.2) is 0 Å². The lowest BCUT2D eigenvalue weighted by molar-refractivity contribution is -0.145. The third-order valence-electron chi connectivity index (χ3n) is 1.96. The van der Waals surface area contributed by atoms with Crippen molar-refractivity contribution in [2.45, 2.75) is 45.8 Å². The second-order valence-electron chi connectivity index (χ2n) is 4.47. The first-order chi connectivity index (χ1) is 6.25. The van der Waals surface area contributed by atoms with Crippen molar-refractivity contribution in [3.05, 3.63) is 0 Å². The quantitative estimate of drug-likeness (QED) is 0.681. The van der Waals surface area contributed by atoms with Gasteiger partial charge in [-0.15, -0.1) is 0 Å². The number of aliphatic carboxylic acids is 1. The molecule has 4 nitrogen and oxygen atoms in total. The molecule has 3 N–H and O–H groups in total. The molecule has 0 saturated heterocycles. The topological polar surface area (TPSA) is 72.5 Å². The number of rotatable bonds is 6. The van der Waals surface area contributed by atoms with Crippen molar-refractivity contribution in [2.24, 2.45) is 11.7 Å². The molecule has 2 unspecified atom stereocenters. The minimum atomic E-state index is -1.29. The van der Waals surface area contributed by atoms with Gasteiger partial charge in [-0.3, -0.25) is 4.79 Å². The first-order valence-corrected chi connectivity index (χ1v) is 4.89. The van der Waals surface area contributed by atoms with Crippen molar-refractivity contribution in [1.29, 1.82) is 0 Å². The molecule has 84 valence electrons. The van der Waals surface area contributed by atoms with Gasteiger partial charge in [-0.2, -0.15) is 0 Å². The number of carbonyl (C=O) groups is 1. The van der Waals surface area contributed by atoms with E-state index in [1.807, 2.05) is 6.92 Å². The number of hydrogen-bond donors (Lipinski definition) is 2. The van der Waals surface area contributed by atoms with Crippen LogP contribution in [0.1, 0.15) is 34.1 Å². The highest BCUT2D eigenvalue weighted by molar-refractivity contribution is 5.77. The standard InChI is InChI=1S/C10H21NO3/c1-7(2)5-8(3)14-6-10(4,11)9(12)13/h7-8H,5-6,11H2,1-4H3,(H,12,13). The molecule has 0 aliphatic rings. The van der Waals surface area contributed by atoms with Crippen LogP contribution >= 0.6 is 0 Å². The maximum Gasteiger partial charge on any atom is 0.325 e. The van der Waals surface area contributed by atoms with E-state index in [9.17, 15) is 4.79 Å². The van der Waals surface area contributed by atoms with Crippen molar-refractivity contribution in [3.63, 3.8) is 0 Å². The summed E-state index contributed by atoms with van der Waals surface area (Å²) in [7, 11) is 0. The molecule has 0 aliphatic heterocycles. The van der Waals surface area contributed by atoms with Gasteiger partial charge >= 0.3 is 5.97 Å². The Kier molecular flexibility index (Phi) is 5.08. The molecular formula is C10H21NO3. The monoisotopic (exact) mass is 203 g/mol. The van der Waals surface area contributed by atoms with Crippen LogP contribution in [0.15, 0.2) is 0 Å². The van der Waals surface area contributed by atoms with Gasteiger partial charge in [-0.1, -0.05) is 13.8 Å². The summed E-state index contributed by atoms with van der Waals surface area (Å²) in [6.07, 6.45) is 0.965. The van der Waals surface area contributed by atoms with Crippen LogP contribution < -0.4 is 5.73 Å². The maximum absolute atomic E-state index is 10.7. The van der Waals surface area contributed by atoms with E-state index in [1.165, 1.54) is 6.92 Å². The van der Waals surface area contributed by atoms with Gasteiger partial charge in [0.2, 0.25) is 0 Å². The Hall–Kier alpha value is -0.610. The molecule has 4 heteroatoms. The number of carboxylic acid groups (broad SMARTS) is 1. The van der Waals surface area contributed by atoms with Crippen molar-refractivity contribution in [3.8, 4) is 0 Å². The summed E-state index contributed by atoms with van der Waals surface area (Å²) in [6.45, 7) is 7.63. The fourth-order valence-corrected chi connectivity index (χ4v) is 1.11. The highest BCUT2D eigenvalue weighted by Gasteiger charge is 2.28. The van der Waals surface area contributed by atoms with Crippen molar-refractivity contribution >= 4 is 5.97 Å². The van der Waals surface area contributed by atoms with E-state index in [2.05, 4.69) is 13.8 Å². The molecule has 0 aromatic rings. The minimum Gasteiger partial charge on any atom is -0.480 e. The number of hydrogen-bond acceptors (Lipinski definition) is 3. The highest BCUT2D eigenvalue weighted by atomic mass is 16.5. The summed E-state index contributed by atoms with van der Waals surface area (Å²) in [6, 6.07) is 0. The molecule has 0 bridgehead atoms. The molecule has 2 atom stereocenters. The lowest BCUT2D eigenvalue weighted by atomic mass is 10.1. The second-order valence-corrected chi connectivity index (χ2v) is 4.47. The SMILES string of the molecule is CC(C)CC(C)OCC(C)(N)C(=O)O. The Bertz CT molecular complexity index is 190. The number of ether oxygens (including phenoxy) is 1. The maximum atomic E-state index is 10.7. The second kappa shape index (κ2) is 5.32. The molecule has 0 rings (SSSR count). The molecule has 0 aliphatic carbocycles.